The van der Waals surface area contributed by atoms with E-state index < -0.39 is 0 Å². The van der Waals surface area contributed by atoms with E-state index in [1.807, 2.05) is 0 Å². The first-order valence-corrected chi connectivity index (χ1v) is 24.4. The minimum Gasteiger partial charge on any atom is -0.376 e. The molecule has 0 amide bonds. The lowest BCUT2D eigenvalue weighted by molar-refractivity contribution is -0.00473. The third-order valence-corrected chi connectivity index (χ3v) is 14.6. The van der Waals surface area contributed by atoms with E-state index >= 15 is 0 Å². The van der Waals surface area contributed by atoms with Gasteiger partial charge in [0.2, 0.25) is 0 Å². The van der Waals surface area contributed by atoms with Gasteiger partial charge in [-0.2, -0.15) is 0 Å². The summed E-state index contributed by atoms with van der Waals surface area (Å²) in [7, 11) is 1.01. The highest BCUT2D eigenvalue weighted by atomic mass is 28.1. The molecule has 5 aromatic carbocycles. The van der Waals surface area contributed by atoms with Crippen molar-refractivity contribution in [3.63, 3.8) is 0 Å². The molecular formula is C59H74OSi. The summed E-state index contributed by atoms with van der Waals surface area (Å²) in [6, 6.07) is 42.8. The Balaban J connectivity index is 1.37. The summed E-state index contributed by atoms with van der Waals surface area (Å²) in [5.41, 5.74) is 20.5. The van der Waals surface area contributed by atoms with Crippen LogP contribution in [-0.4, -0.2) is 22.5 Å². The summed E-state index contributed by atoms with van der Waals surface area (Å²) in [6.45, 7) is 28.5. The van der Waals surface area contributed by atoms with Crippen LogP contribution in [0.25, 0.3) is 33.9 Å². The van der Waals surface area contributed by atoms with Crippen molar-refractivity contribution in [2.75, 3.05) is 6.61 Å². The molecule has 2 aliphatic rings. The first-order valence-electron chi connectivity index (χ1n) is 23.4. The molecule has 0 heterocycles. The predicted molar refractivity (Wildman–Crippen MR) is 270 cm³/mol. The lowest BCUT2D eigenvalue weighted by atomic mass is 9.67. The zero-order valence-electron chi connectivity index (χ0n) is 39.9. The predicted octanol–water partition coefficient (Wildman–Crippen LogP) is 14.9. The SMILES string of the molecule is CC1=C(CCCCCCOC(C)(C)C)c2c(-c3ccc(C(C)(C)C)cc3)cccc2C1C(c1ccccc1[SiH3])C1C(C(C)C)=Cc2c(-c3ccc(C(C)(C)C)cc3)cccc21. The molecule has 0 saturated heterocycles. The van der Waals surface area contributed by atoms with E-state index in [1.165, 1.54) is 85.6 Å². The van der Waals surface area contributed by atoms with Crippen LogP contribution in [0.3, 0.4) is 0 Å². The molecule has 0 aromatic heterocycles. The summed E-state index contributed by atoms with van der Waals surface area (Å²) in [4.78, 5) is 0. The second kappa shape index (κ2) is 17.9. The monoisotopic (exact) mass is 827 g/mol. The van der Waals surface area contributed by atoms with Crippen molar-refractivity contribution in [3.05, 3.63) is 159 Å². The van der Waals surface area contributed by atoms with E-state index in [0.29, 0.717) is 5.92 Å². The molecule has 2 heteroatoms. The molecule has 0 N–H and O–H groups in total. The van der Waals surface area contributed by atoms with Gasteiger partial charge in [-0.3, -0.25) is 0 Å². The Bertz CT molecular complexity index is 2380. The van der Waals surface area contributed by atoms with E-state index in [0.717, 1.165) is 29.7 Å². The van der Waals surface area contributed by atoms with Gasteiger partial charge in [-0.05, 0) is 130 Å². The first-order chi connectivity index (χ1) is 28.8. The third kappa shape index (κ3) is 9.57. The van der Waals surface area contributed by atoms with E-state index in [2.05, 4.69) is 198 Å². The molecule has 3 unspecified atom stereocenters. The second-order valence-electron chi connectivity index (χ2n) is 21.7. The zero-order chi connectivity index (χ0) is 43.9. The molecule has 2 aliphatic carbocycles. The molecule has 0 radical (unpaired) electrons. The first kappa shape index (κ1) is 44.8. The van der Waals surface area contributed by atoms with Crippen molar-refractivity contribution in [2.45, 2.75) is 149 Å². The van der Waals surface area contributed by atoms with Crippen LogP contribution < -0.4 is 5.19 Å². The van der Waals surface area contributed by atoms with Crippen LogP contribution >= 0.6 is 0 Å². The van der Waals surface area contributed by atoms with Crippen LogP contribution in [0.15, 0.2) is 120 Å². The van der Waals surface area contributed by atoms with Gasteiger partial charge in [0, 0.05) is 34.6 Å². The molecule has 0 aliphatic heterocycles. The molecule has 0 bridgehead atoms. The van der Waals surface area contributed by atoms with Crippen molar-refractivity contribution in [3.8, 4) is 22.3 Å². The highest BCUT2D eigenvalue weighted by molar-refractivity contribution is 6.33. The summed E-state index contributed by atoms with van der Waals surface area (Å²) in [5.74, 6) is 1.22. The smallest absolute Gasteiger partial charge is 0.0598 e. The average Bonchev–Trinajstić information content (AvgIpc) is 3.73. The van der Waals surface area contributed by atoms with Gasteiger partial charge < -0.3 is 4.74 Å². The molecule has 0 spiro atoms. The second-order valence-corrected chi connectivity index (χ2v) is 22.7. The maximum atomic E-state index is 6.10. The zero-order valence-corrected chi connectivity index (χ0v) is 41.9. The maximum Gasteiger partial charge on any atom is 0.0598 e. The van der Waals surface area contributed by atoms with Crippen molar-refractivity contribution < 1.29 is 4.74 Å². The molecule has 0 saturated carbocycles. The molecule has 61 heavy (non-hydrogen) atoms. The van der Waals surface area contributed by atoms with Gasteiger partial charge in [-0.15, -0.1) is 0 Å². The van der Waals surface area contributed by atoms with Crippen LogP contribution in [0.2, 0.25) is 0 Å². The van der Waals surface area contributed by atoms with Crippen LogP contribution in [-0.2, 0) is 15.6 Å². The minimum atomic E-state index is -0.0775. The average molecular weight is 827 g/mol. The minimum absolute atomic E-state index is 0.0775. The lowest BCUT2D eigenvalue weighted by Gasteiger charge is -2.36. The number of benzene rings is 5. The molecule has 5 aromatic rings. The van der Waals surface area contributed by atoms with E-state index in [1.54, 1.807) is 16.7 Å². The van der Waals surface area contributed by atoms with Crippen LogP contribution in [0, 0.1) is 5.92 Å². The van der Waals surface area contributed by atoms with Gasteiger partial charge in [0.1, 0.15) is 0 Å². The molecule has 7 rings (SSSR count). The number of hydrogen-bond donors (Lipinski definition) is 0. The number of hydrogen-bond acceptors (Lipinski definition) is 1. The van der Waals surface area contributed by atoms with E-state index in [9.17, 15) is 0 Å². The fraction of sp³-hybridized carbons (Fsp3) is 0.424. The maximum absolute atomic E-state index is 6.10. The number of fused-ring (bicyclic) bond motifs is 2. The molecule has 3 atom stereocenters. The summed E-state index contributed by atoms with van der Waals surface area (Å²) >= 11 is 0. The van der Waals surface area contributed by atoms with Gasteiger partial charge in [-0.1, -0.05) is 200 Å². The summed E-state index contributed by atoms with van der Waals surface area (Å²) in [6.07, 6.45) is 8.43. The Morgan fingerprint density at radius 3 is 1.72 bits per heavy atom. The molecule has 0 fully saturated rings. The number of rotatable bonds is 13. The van der Waals surface area contributed by atoms with Crippen LogP contribution in [0.4, 0.5) is 0 Å². The number of allylic oxidation sites excluding steroid dienone is 3. The highest BCUT2D eigenvalue weighted by Gasteiger charge is 2.44. The topological polar surface area (TPSA) is 9.23 Å². The van der Waals surface area contributed by atoms with Gasteiger partial charge in [0.05, 0.1) is 5.60 Å². The quantitative estimate of drug-likeness (QED) is 0.0849. The largest absolute Gasteiger partial charge is 0.376 e. The van der Waals surface area contributed by atoms with Crippen molar-refractivity contribution in [1.29, 1.82) is 0 Å². The van der Waals surface area contributed by atoms with Crippen LogP contribution in [0.5, 0.6) is 0 Å². The van der Waals surface area contributed by atoms with Gasteiger partial charge in [-0.25, -0.2) is 0 Å². The van der Waals surface area contributed by atoms with Crippen molar-refractivity contribution in [2.24, 2.45) is 5.92 Å². The summed E-state index contributed by atoms with van der Waals surface area (Å²) in [5, 5.41) is 1.52. The fourth-order valence-corrected chi connectivity index (χ4v) is 11.1. The molecular weight excluding hydrogens is 753 g/mol. The molecule has 320 valence electrons. The van der Waals surface area contributed by atoms with Gasteiger partial charge in [0.15, 0.2) is 0 Å². The number of ether oxygens (including phenoxy) is 1. The Labute approximate surface area is 373 Å². The third-order valence-electron chi connectivity index (χ3n) is 13.7. The Kier molecular flexibility index (Phi) is 13.1. The standard InChI is InChI=1S/C59H74OSi/c1-38(2)50-37-51-45(40-28-32-42(33-29-40)57(4,5)6)23-19-25-47(51)55(50)56(48-22-16-17-27-52(48)61)53-39(3)44(21-15-13-14-18-36-60-59(10,11)12)54-46(24-20-26-49(53)54)41-30-34-43(35-31-41)58(7,8)9/h16-17,19-20,22-35,37-38,53,55-56H,13-15,18,21,36H2,1-12,61H3. The van der Waals surface area contributed by atoms with E-state index in [-0.39, 0.29) is 34.2 Å². The van der Waals surface area contributed by atoms with Crippen molar-refractivity contribution >= 4 is 27.1 Å². The summed E-state index contributed by atoms with van der Waals surface area (Å²) < 4.78 is 6.10. The van der Waals surface area contributed by atoms with Crippen molar-refractivity contribution in [1.82, 2.24) is 0 Å². The fourth-order valence-electron chi connectivity index (χ4n) is 10.4. The Morgan fingerprint density at radius 2 is 1.15 bits per heavy atom. The Hall–Kier alpha value is -4.24. The Morgan fingerprint density at radius 1 is 0.590 bits per heavy atom. The van der Waals surface area contributed by atoms with Crippen LogP contribution in [0.1, 0.15) is 172 Å². The van der Waals surface area contributed by atoms with Gasteiger partial charge >= 0.3 is 0 Å². The highest BCUT2D eigenvalue weighted by Crippen LogP contribution is 2.60. The number of unbranched alkanes of at least 4 members (excludes halogenated alkanes) is 3. The molecule has 1 nitrogen and oxygen atoms in total. The van der Waals surface area contributed by atoms with Gasteiger partial charge in [0.25, 0.3) is 0 Å². The van der Waals surface area contributed by atoms with E-state index in [4.69, 9.17) is 4.74 Å². The lowest BCUT2D eigenvalue weighted by Crippen LogP contribution is -2.26. The normalized spacial score (nSPS) is 17.2.